The third-order valence-corrected chi connectivity index (χ3v) is 25.0. The Morgan fingerprint density at radius 1 is 0.254 bits per heavy atom. The minimum absolute atomic E-state index is 0.0124. The van der Waals surface area contributed by atoms with Crippen molar-refractivity contribution in [2.45, 2.75) is 0 Å². The van der Waals surface area contributed by atoms with Gasteiger partial charge in [-0.3, -0.25) is 0 Å². The maximum Gasteiger partial charge on any atom is 0.294 e. The molecule has 1 atom stereocenters. The number of para-hydroxylation sites is 4. The molecule has 134 heavy (non-hydrogen) atoms. The molecule has 0 N–H and O–H groups in total. The molecule has 0 aliphatic carbocycles. The van der Waals surface area contributed by atoms with E-state index in [1.165, 1.54) is 0 Å². The van der Waals surface area contributed by atoms with E-state index in [0.29, 0.717) is 22.8 Å². The molecule has 18 aromatic rings. The van der Waals surface area contributed by atoms with Crippen LogP contribution < -0.4 is 38.5 Å². The van der Waals surface area contributed by atoms with Gasteiger partial charge in [-0.1, -0.05) is 204 Å². The number of anilines is 12. The lowest BCUT2D eigenvalue weighted by Crippen LogP contribution is -2.09. The molecule has 0 aliphatic heterocycles. The van der Waals surface area contributed by atoms with Crippen LogP contribution in [0.15, 0.2) is 413 Å². The van der Waals surface area contributed by atoms with Crippen LogP contribution in [-0.2, 0) is 0 Å². The van der Waals surface area contributed by atoms with Gasteiger partial charge in [-0.15, -0.1) is 19.9 Å². The van der Waals surface area contributed by atoms with Crippen molar-refractivity contribution < 1.29 is 21.7 Å². The van der Waals surface area contributed by atoms with E-state index in [4.69, 9.17) is 69.2 Å². The molecule has 0 bridgehead atoms. The first-order valence-electron chi connectivity index (χ1n) is 44.2. The van der Waals surface area contributed by atoms with E-state index in [1.807, 2.05) is 207 Å². The Morgan fingerprint density at radius 3 is 0.530 bits per heavy atom. The first-order chi connectivity index (χ1) is 66.9. The van der Waals surface area contributed by atoms with Crippen molar-refractivity contribution >= 4 is 117 Å². The maximum atomic E-state index is 7.81. The van der Waals surface area contributed by atoms with E-state index < -0.39 is 21.7 Å². The smallest absolute Gasteiger partial charge is 0.294 e. The second kappa shape index (κ2) is 43.6. The van der Waals surface area contributed by atoms with Crippen molar-refractivity contribution in [3.05, 3.63) is 458 Å². The third-order valence-electron chi connectivity index (χ3n) is 22.2. The Bertz CT molecular complexity index is 6720. The molecular formula is C115H89N12O4P3-2. The molecule has 16 aromatic carbocycles. The van der Waals surface area contributed by atoms with Crippen molar-refractivity contribution in [1.82, 2.24) is 19.9 Å². The Balaban J connectivity index is 0.000000183. The molecule has 16 nitrogen and oxygen atoms in total. The summed E-state index contributed by atoms with van der Waals surface area (Å²) < 4.78 is 43.1. The summed E-state index contributed by atoms with van der Waals surface area (Å²) in [7, 11) is 8.58. The molecule has 19 heteroatoms. The zero-order valence-electron chi connectivity index (χ0n) is 77.1. The van der Waals surface area contributed by atoms with E-state index in [0.717, 1.165) is 158 Å². The average Bonchev–Trinajstić information content (AvgIpc) is 0.782. The van der Waals surface area contributed by atoms with Crippen LogP contribution in [0.1, 0.15) is 2.74 Å². The molecule has 0 radical (unpaired) electrons. The zero-order valence-corrected chi connectivity index (χ0v) is 76.8. The van der Waals surface area contributed by atoms with Crippen molar-refractivity contribution in [1.29, 1.82) is 1.28 Å². The second-order valence-electron chi connectivity index (χ2n) is 30.6. The number of nitrogens with zero attached hydrogens (tertiary/aromatic N) is 12. The summed E-state index contributed by atoms with van der Waals surface area (Å²) in [6.07, 6.45) is 0. The van der Waals surface area contributed by atoms with Gasteiger partial charge in [0.05, 0.1) is 29.7 Å². The van der Waals surface area contributed by atoms with Gasteiger partial charge in [0.2, 0.25) is 22.8 Å². The van der Waals surface area contributed by atoms with E-state index in [2.05, 4.69) is 267 Å². The normalized spacial score (nSPS) is 11.3. The highest BCUT2D eigenvalue weighted by Gasteiger charge is 2.27. The van der Waals surface area contributed by atoms with E-state index in [-0.39, 0.29) is 23.3 Å². The van der Waals surface area contributed by atoms with Crippen LogP contribution in [0.2, 0.25) is 0 Å². The van der Waals surface area contributed by atoms with Crippen LogP contribution >= 0.6 is 25.1 Å². The summed E-state index contributed by atoms with van der Waals surface area (Å²) in [5.41, 5.74) is 25.9. The lowest BCUT2D eigenvalue weighted by molar-refractivity contribution is 0.414. The van der Waals surface area contributed by atoms with Gasteiger partial charge in [-0.2, -0.15) is 8.21 Å². The van der Waals surface area contributed by atoms with Gasteiger partial charge < -0.3 is 73.0 Å². The molecule has 0 amide bonds. The third kappa shape index (κ3) is 21.3. The predicted molar refractivity (Wildman–Crippen MR) is 556 cm³/mol. The van der Waals surface area contributed by atoms with Gasteiger partial charge in [0.15, 0.2) is 0 Å². The number of benzene rings is 16. The minimum Gasteiger partial charge on any atom is -1.48 e. The summed E-state index contributed by atoms with van der Waals surface area (Å²) in [5.74, 6) is 1.47. The summed E-state index contributed by atoms with van der Waals surface area (Å²) in [5, 5.41) is 0. The lowest BCUT2D eigenvalue weighted by Gasteiger charge is -2.30. The largest absolute Gasteiger partial charge is 1.48 e. The number of aromatic nitrogens is 4. The summed E-state index contributed by atoms with van der Waals surface area (Å²) in [4.78, 5) is 42.0. The molecule has 2 aromatic heterocycles. The minimum atomic E-state index is -1.56. The Hall–Kier alpha value is -16.7. The van der Waals surface area contributed by atoms with E-state index in [1.54, 1.807) is 28.4 Å². The molecule has 18 rings (SSSR count). The summed E-state index contributed by atoms with van der Waals surface area (Å²) >= 11 is 0. The van der Waals surface area contributed by atoms with Crippen LogP contribution in [0.3, 0.4) is 0 Å². The Kier molecular flexibility index (Phi) is 28.2. The van der Waals surface area contributed by atoms with Crippen LogP contribution in [0, 0.1) is 26.3 Å². The van der Waals surface area contributed by atoms with Crippen molar-refractivity contribution in [3.63, 3.8) is 0 Å². The fourth-order valence-corrected chi connectivity index (χ4v) is 17.9. The highest BCUT2D eigenvalue weighted by atomic mass is 32.1. The highest BCUT2D eigenvalue weighted by molar-refractivity contribution is 8.21. The first kappa shape index (κ1) is 86.7. The Labute approximate surface area is 792 Å². The summed E-state index contributed by atoms with van der Waals surface area (Å²) in [6.45, 7) is 35.0. The molecular weight excluding hydrogens is 1710 g/mol. The van der Waals surface area contributed by atoms with Crippen molar-refractivity contribution in [2.24, 2.45) is 0 Å². The summed E-state index contributed by atoms with van der Waals surface area (Å²) in [6, 6.07) is 140. The fourth-order valence-electron chi connectivity index (χ4n) is 15.5. The SMILES string of the molecule is [2H]C([2H])([P-2])P([3H])P(C)C.[C-]#[N+]c1nc(-c2ccc(-c3ccc(N(c4ccc(OC)cc4)c4ccc(OC)cc4)cc3)cc2)c(-c2ccc(-c3ccc(N(c4ccc(OC)cc4)c4ccc(OC)cc4)cc3)cc2)nc1[N+]#[C-].[C-]#[N+]c1nc(-c2ccc(-c3ccc(N(c4ccccc4)c4ccccc4)cc3)cc2)c(-c2ccc(-c3ccc(N(c4ccccc4)c4ccccc4)cc3)cc2)nc1[N+]#[C-]. The maximum absolute atomic E-state index is 7.81. The quantitative estimate of drug-likeness (QED) is 0.0379. The number of hydrogen-bond donors (Lipinski definition) is 0. The van der Waals surface area contributed by atoms with Crippen LogP contribution in [-0.4, -0.2) is 68.8 Å². The fraction of sp³-hybridized carbons (Fsp3) is 0.0609. The molecule has 0 saturated heterocycles. The predicted octanol–water partition coefficient (Wildman–Crippen LogP) is 33.1. The average molecular weight is 1800 g/mol. The number of ether oxygens (including phenoxy) is 4. The number of methoxy groups -OCH3 is 4. The van der Waals surface area contributed by atoms with Crippen LogP contribution in [0.25, 0.3) is 109 Å². The lowest BCUT2D eigenvalue weighted by atomic mass is 9.98. The van der Waals surface area contributed by atoms with Gasteiger partial charge in [0.25, 0.3) is 23.3 Å². The van der Waals surface area contributed by atoms with Crippen molar-refractivity contribution in [3.8, 4) is 113 Å². The topological polar surface area (TPSA) is 119 Å². The van der Waals surface area contributed by atoms with Gasteiger partial charge in [-0.25, -0.2) is 0 Å². The van der Waals surface area contributed by atoms with Crippen LogP contribution in [0.5, 0.6) is 23.0 Å². The Morgan fingerprint density at radius 2 is 0.396 bits per heavy atom. The first-order valence-corrected chi connectivity index (χ1v) is 47.0. The van der Waals surface area contributed by atoms with E-state index in [9.17, 15) is 0 Å². The second-order valence-corrected chi connectivity index (χ2v) is 36.3. The van der Waals surface area contributed by atoms with Crippen molar-refractivity contribution in [2.75, 3.05) is 67.2 Å². The van der Waals surface area contributed by atoms with Gasteiger partial charge in [-0.05, 0) is 303 Å². The van der Waals surface area contributed by atoms with Gasteiger partial charge >= 0.3 is 0 Å². The van der Waals surface area contributed by atoms with Gasteiger partial charge in [0.1, 0.15) is 23.0 Å². The number of hydrogen-bond acceptors (Lipinski definition) is 12. The molecule has 0 spiro atoms. The highest BCUT2D eigenvalue weighted by Crippen LogP contribution is 2.50. The molecule has 0 fully saturated rings. The standard InChI is InChI=1S/C58H44N6O4.C54H36N6.C3H9P3/c1-59-57-58(60-2)62-56(44-13-9-40(10-14-44)42-17-21-46(22-18-42)64(49-27-35-53(67-5)36-28-49)50-29-37-54(68-6)38-30-50)55(61-57)43-11-7-39(8-12-43)41-15-19-45(20-16-41)63(47-23-31-51(65-3)32-24-47)48-25-33-52(66-4)34-26-48;1-55-53-54(56-2)58-52(44-29-25-40(26-30-44)42-33-37-50(38-34-42)60(47-19-11-5-12-20-47)48-21-13-6-14-22-48)51(57-53)43-27-23-39(24-28-43)41-31-35-49(36-32-41)59(45-15-7-3-8-16-45)46-17-9-4-10-18-46;1-6(2)5-3-4/h7-38H,3-6H3;3-38H;5H,3H2,1-2H3/q;;-2/i;;3D2,5T. The monoisotopic (exact) mass is 1800 g/mol. The molecule has 0 aliphatic rings. The number of rotatable bonds is 26. The van der Waals surface area contributed by atoms with Gasteiger partial charge in [0, 0.05) is 90.5 Å². The molecule has 650 valence electrons. The zero-order chi connectivity index (χ0) is 95.3. The van der Waals surface area contributed by atoms with E-state index >= 15 is 0 Å². The molecule has 2 heterocycles. The molecule has 0 saturated carbocycles. The molecule has 1 unspecified atom stereocenters. The van der Waals surface area contributed by atoms with Crippen LogP contribution in [0.4, 0.5) is 91.5 Å².